The maximum absolute atomic E-state index is 3.88. The molecule has 0 aromatic carbocycles. The largest absolute Gasteiger partial charge is 0.313 e. The van der Waals surface area contributed by atoms with Gasteiger partial charge in [-0.2, -0.15) is 0 Å². The summed E-state index contributed by atoms with van der Waals surface area (Å²) in [7, 11) is 0. The molecular formula is C19H36N2. The van der Waals surface area contributed by atoms with Crippen molar-refractivity contribution in [2.24, 2.45) is 5.41 Å². The maximum atomic E-state index is 3.88. The number of piperidine rings is 1. The molecule has 1 unspecified atom stereocenters. The van der Waals surface area contributed by atoms with Crippen molar-refractivity contribution in [3.05, 3.63) is 0 Å². The van der Waals surface area contributed by atoms with Gasteiger partial charge in [-0.3, -0.25) is 4.90 Å². The van der Waals surface area contributed by atoms with Gasteiger partial charge in [-0.15, -0.1) is 0 Å². The molecule has 1 heterocycles. The van der Waals surface area contributed by atoms with Gasteiger partial charge in [-0.05, 0) is 56.9 Å². The number of likely N-dealkylation sites (tertiary alicyclic amines) is 1. The molecule has 0 spiro atoms. The van der Waals surface area contributed by atoms with Gasteiger partial charge in [-0.1, -0.05) is 39.0 Å². The minimum atomic E-state index is 0.601. The molecule has 3 rings (SSSR count). The Morgan fingerprint density at radius 2 is 1.81 bits per heavy atom. The first-order valence-corrected chi connectivity index (χ1v) is 9.79. The van der Waals surface area contributed by atoms with Crippen LogP contribution in [0.1, 0.15) is 84.0 Å². The molecule has 2 saturated carbocycles. The number of hydrogen-bond acceptors (Lipinski definition) is 2. The molecule has 0 amide bonds. The Morgan fingerprint density at radius 1 is 1.00 bits per heavy atom. The van der Waals surface area contributed by atoms with Crippen LogP contribution >= 0.6 is 0 Å². The summed E-state index contributed by atoms with van der Waals surface area (Å²) in [6.07, 6.45) is 17.4. The first-order chi connectivity index (χ1) is 10.3. The summed E-state index contributed by atoms with van der Waals surface area (Å²) in [5, 5.41) is 3.88. The summed E-state index contributed by atoms with van der Waals surface area (Å²) >= 11 is 0. The molecule has 1 aliphatic heterocycles. The zero-order chi connectivity index (χ0) is 14.5. The number of hydrogen-bond donors (Lipinski definition) is 1. The first kappa shape index (κ1) is 15.8. The Kier molecular flexibility index (Phi) is 5.61. The SMILES string of the molecule is CCCC1CCCCN1CC1(CNC2CC2)CCCCC1. The molecule has 1 N–H and O–H groups in total. The van der Waals surface area contributed by atoms with E-state index in [0.717, 1.165) is 12.1 Å². The molecule has 0 radical (unpaired) electrons. The lowest BCUT2D eigenvalue weighted by atomic mass is 9.73. The molecule has 3 aliphatic rings. The second-order valence-electron chi connectivity index (χ2n) is 8.12. The zero-order valence-corrected chi connectivity index (χ0v) is 14.2. The van der Waals surface area contributed by atoms with E-state index in [9.17, 15) is 0 Å². The highest BCUT2D eigenvalue weighted by molar-refractivity contribution is 4.93. The van der Waals surface area contributed by atoms with Crippen LogP contribution in [0.3, 0.4) is 0 Å². The van der Waals surface area contributed by atoms with E-state index in [1.807, 2.05) is 0 Å². The molecule has 21 heavy (non-hydrogen) atoms. The molecule has 0 bridgehead atoms. The van der Waals surface area contributed by atoms with Gasteiger partial charge in [-0.25, -0.2) is 0 Å². The van der Waals surface area contributed by atoms with Crippen molar-refractivity contribution < 1.29 is 0 Å². The maximum Gasteiger partial charge on any atom is 0.00954 e. The van der Waals surface area contributed by atoms with Gasteiger partial charge < -0.3 is 5.32 Å². The van der Waals surface area contributed by atoms with Crippen molar-refractivity contribution in [3.8, 4) is 0 Å². The van der Waals surface area contributed by atoms with Crippen LogP contribution in [0.5, 0.6) is 0 Å². The van der Waals surface area contributed by atoms with Crippen LogP contribution in [0, 0.1) is 5.41 Å². The normalized spacial score (nSPS) is 30.4. The Balaban J connectivity index is 1.60. The molecule has 2 nitrogen and oxygen atoms in total. The summed E-state index contributed by atoms with van der Waals surface area (Å²) in [6, 6.07) is 1.76. The van der Waals surface area contributed by atoms with Crippen molar-refractivity contribution in [1.29, 1.82) is 0 Å². The van der Waals surface area contributed by atoms with Gasteiger partial charge in [0.15, 0.2) is 0 Å². The van der Waals surface area contributed by atoms with Gasteiger partial charge in [0.2, 0.25) is 0 Å². The lowest BCUT2D eigenvalue weighted by Crippen LogP contribution is -2.50. The first-order valence-electron chi connectivity index (χ1n) is 9.79. The standard InChI is InChI=1S/C19H36N2/c1-2-8-18-9-4-7-14-21(18)16-19(12-5-3-6-13-19)15-20-17-10-11-17/h17-18,20H,2-16H2,1H3. The topological polar surface area (TPSA) is 15.3 Å². The zero-order valence-electron chi connectivity index (χ0n) is 14.2. The third-order valence-corrected chi connectivity index (χ3v) is 6.17. The third kappa shape index (κ3) is 4.45. The fourth-order valence-electron chi connectivity index (χ4n) is 4.70. The van der Waals surface area contributed by atoms with E-state index in [4.69, 9.17) is 0 Å². The fraction of sp³-hybridized carbons (Fsp3) is 1.00. The van der Waals surface area contributed by atoms with Crippen LogP contribution in [0.15, 0.2) is 0 Å². The van der Waals surface area contributed by atoms with Gasteiger partial charge in [0, 0.05) is 25.2 Å². The highest BCUT2D eigenvalue weighted by atomic mass is 15.2. The second-order valence-corrected chi connectivity index (χ2v) is 8.12. The van der Waals surface area contributed by atoms with E-state index in [2.05, 4.69) is 17.1 Å². The molecule has 0 aromatic rings. The summed E-state index contributed by atoms with van der Waals surface area (Å²) in [5.74, 6) is 0. The molecule has 1 saturated heterocycles. The molecule has 3 fully saturated rings. The highest BCUT2D eigenvalue weighted by Gasteiger charge is 2.37. The van der Waals surface area contributed by atoms with E-state index in [0.29, 0.717) is 5.41 Å². The molecule has 0 aromatic heterocycles. The van der Waals surface area contributed by atoms with E-state index in [-0.39, 0.29) is 0 Å². The monoisotopic (exact) mass is 292 g/mol. The van der Waals surface area contributed by atoms with Crippen LogP contribution in [0.25, 0.3) is 0 Å². The summed E-state index contributed by atoms with van der Waals surface area (Å²) in [5.41, 5.74) is 0.601. The van der Waals surface area contributed by atoms with Crippen LogP contribution in [0.4, 0.5) is 0 Å². The number of rotatable bonds is 7. The predicted octanol–water partition coefficient (Wildman–Crippen LogP) is 4.34. The molecule has 2 aliphatic carbocycles. The quantitative estimate of drug-likeness (QED) is 0.751. The lowest BCUT2D eigenvalue weighted by Gasteiger charge is -2.45. The minimum absolute atomic E-state index is 0.601. The van der Waals surface area contributed by atoms with Gasteiger partial charge in [0.1, 0.15) is 0 Å². The predicted molar refractivity (Wildman–Crippen MR) is 90.7 cm³/mol. The fourth-order valence-corrected chi connectivity index (χ4v) is 4.70. The molecule has 2 heteroatoms. The minimum Gasteiger partial charge on any atom is -0.313 e. The number of nitrogens with one attached hydrogen (secondary N) is 1. The van der Waals surface area contributed by atoms with E-state index >= 15 is 0 Å². The Bertz CT molecular complexity index is 303. The summed E-state index contributed by atoms with van der Waals surface area (Å²) in [4.78, 5) is 2.90. The van der Waals surface area contributed by atoms with Crippen molar-refractivity contribution in [1.82, 2.24) is 10.2 Å². The number of nitrogens with zero attached hydrogens (tertiary/aromatic N) is 1. The van der Waals surface area contributed by atoms with Gasteiger partial charge >= 0.3 is 0 Å². The smallest absolute Gasteiger partial charge is 0.00954 e. The Morgan fingerprint density at radius 3 is 2.52 bits per heavy atom. The van der Waals surface area contributed by atoms with Gasteiger partial charge in [0.25, 0.3) is 0 Å². The van der Waals surface area contributed by atoms with Crippen molar-refractivity contribution in [2.45, 2.75) is 96.1 Å². The average molecular weight is 293 g/mol. The van der Waals surface area contributed by atoms with Crippen molar-refractivity contribution in [2.75, 3.05) is 19.6 Å². The van der Waals surface area contributed by atoms with E-state index in [1.165, 1.54) is 96.7 Å². The highest BCUT2D eigenvalue weighted by Crippen LogP contribution is 2.39. The van der Waals surface area contributed by atoms with Crippen molar-refractivity contribution >= 4 is 0 Å². The van der Waals surface area contributed by atoms with Crippen LogP contribution in [-0.2, 0) is 0 Å². The van der Waals surface area contributed by atoms with Crippen LogP contribution in [-0.4, -0.2) is 36.6 Å². The van der Waals surface area contributed by atoms with Gasteiger partial charge in [0.05, 0.1) is 0 Å². The Labute approximate surface area is 132 Å². The molecule has 1 atom stereocenters. The summed E-state index contributed by atoms with van der Waals surface area (Å²) < 4.78 is 0. The van der Waals surface area contributed by atoms with E-state index < -0.39 is 0 Å². The lowest BCUT2D eigenvalue weighted by molar-refractivity contribution is 0.0511. The third-order valence-electron chi connectivity index (χ3n) is 6.17. The molecule has 122 valence electrons. The van der Waals surface area contributed by atoms with Crippen LogP contribution in [0.2, 0.25) is 0 Å². The van der Waals surface area contributed by atoms with Crippen molar-refractivity contribution in [3.63, 3.8) is 0 Å². The summed E-state index contributed by atoms with van der Waals surface area (Å²) in [6.45, 7) is 6.41. The second kappa shape index (κ2) is 7.46. The van der Waals surface area contributed by atoms with Crippen LogP contribution < -0.4 is 5.32 Å². The van der Waals surface area contributed by atoms with E-state index in [1.54, 1.807) is 0 Å². The molecular weight excluding hydrogens is 256 g/mol. The average Bonchev–Trinajstić information content (AvgIpc) is 3.33. The Hall–Kier alpha value is -0.0800.